The first-order valence-corrected chi connectivity index (χ1v) is 7.71. The Labute approximate surface area is 131 Å². The molecule has 0 unspecified atom stereocenters. The summed E-state index contributed by atoms with van der Waals surface area (Å²) < 4.78 is 2.92. The van der Waals surface area contributed by atoms with Crippen molar-refractivity contribution in [2.45, 2.75) is 26.4 Å². The van der Waals surface area contributed by atoms with Gasteiger partial charge in [-0.3, -0.25) is 4.79 Å². The number of hydrogen-bond donors (Lipinski definition) is 0. The maximum absolute atomic E-state index is 12.6. The van der Waals surface area contributed by atoms with Crippen molar-refractivity contribution in [2.24, 2.45) is 0 Å². The van der Waals surface area contributed by atoms with Crippen molar-refractivity contribution in [2.75, 3.05) is 6.54 Å². The highest BCUT2D eigenvalue weighted by Gasteiger charge is 2.25. The summed E-state index contributed by atoms with van der Waals surface area (Å²) in [4.78, 5) is 18.7. The third kappa shape index (κ3) is 2.44. The molecular weight excluding hydrogens is 367 g/mol. The molecule has 5 nitrogen and oxygen atoms in total. The third-order valence-corrected chi connectivity index (χ3v) is 4.24. The van der Waals surface area contributed by atoms with Gasteiger partial charge < -0.3 is 4.90 Å². The predicted molar refractivity (Wildman–Crippen MR) is 83.3 cm³/mol. The van der Waals surface area contributed by atoms with E-state index in [4.69, 9.17) is 0 Å². The van der Waals surface area contributed by atoms with Crippen LogP contribution in [-0.2, 0) is 19.5 Å². The molecule has 20 heavy (non-hydrogen) atoms. The summed E-state index contributed by atoms with van der Waals surface area (Å²) in [7, 11) is 0. The Morgan fingerprint density at radius 1 is 1.40 bits per heavy atom. The SMILES string of the molecule is CCn1ncnc1CN1CCc2ccc(I)cc2C1=O. The molecule has 1 aliphatic heterocycles. The number of rotatable bonds is 3. The van der Waals surface area contributed by atoms with E-state index in [1.165, 1.54) is 0 Å². The van der Waals surface area contributed by atoms with Crippen LogP contribution in [0.15, 0.2) is 24.5 Å². The van der Waals surface area contributed by atoms with Crippen LogP contribution in [0.1, 0.15) is 28.7 Å². The second-order valence-corrected chi connectivity index (χ2v) is 6.02. The minimum atomic E-state index is 0.0930. The number of halogens is 1. The molecule has 1 aromatic carbocycles. The molecule has 6 heteroatoms. The predicted octanol–water partition coefficient (Wildman–Crippen LogP) is 2.10. The molecule has 0 spiro atoms. The van der Waals surface area contributed by atoms with E-state index in [0.29, 0.717) is 6.54 Å². The third-order valence-electron chi connectivity index (χ3n) is 3.57. The molecule has 2 aromatic rings. The Balaban J connectivity index is 1.85. The number of aromatic nitrogens is 3. The minimum absolute atomic E-state index is 0.0930. The monoisotopic (exact) mass is 382 g/mol. The lowest BCUT2D eigenvalue weighted by molar-refractivity contribution is 0.0720. The first-order valence-electron chi connectivity index (χ1n) is 6.63. The zero-order valence-corrected chi connectivity index (χ0v) is 13.4. The van der Waals surface area contributed by atoms with Gasteiger partial charge in [-0.1, -0.05) is 6.07 Å². The van der Waals surface area contributed by atoms with Crippen LogP contribution in [0.25, 0.3) is 0 Å². The lowest BCUT2D eigenvalue weighted by atomic mass is 9.99. The van der Waals surface area contributed by atoms with Crippen molar-refractivity contribution in [3.8, 4) is 0 Å². The van der Waals surface area contributed by atoms with Gasteiger partial charge in [0.15, 0.2) is 0 Å². The lowest BCUT2D eigenvalue weighted by Gasteiger charge is -2.28. The zero-order valence-electron chi connectivity index (χ0n) is 11.2. The molecule has 0 saturated heterocycles. The van der Waals surface area contributed by atoms with Crippen molar-refractivity contribution in [3.05, 3.63) is 45.0 Å². The fourth-order valence-electron chi connectivity index (χ4n) is 2.49. The molecule has 1 aromatic heterocycles. The molecule has 2 heterocycles. The van der Waals surface area contributed by atoms with Crippen molar-refractivity contribution < 1.29 is 4.79 Å². The normalized spacial score (nSPS) is 14.5. The summed E-state index contributed by atoms with van der Waals surface area (Å²) in [5, 5.41) is 4.15. The largest absolute Gasteiger partial charge is 0.331 e. The molecule has 0 atom stereocenters. The van der Waals surface area contributed by atoms with E-state index in [1.807, 2.05) is 22.6 Å². The lowest BCUT2D eigenvalue weighted by Crippen LogP contribution is -2.37. The molecule has 0 radical (unpaired) electrons. The summed E-state index contributed by atoms with van der Waals surface area (Å²) in [6, 6.07) is 6.08. The van der Waals surface area contributed by atoms with Gasteiger partial charge in [-0.15, -0.1) is 0 Å². The highest BCUT2D eigenvalue weighted by molar-refractivity contribution is 14.1. The van der Waals surface area contributed by atoms with E-state index >= 15 is 0 Å². The molecule has 3 rings (SSSR count). The maximum Gasteiger partial charge on any atom is 0.254 e. The van der Waals surface area contributed by atoms with Crippen molar-refractivity contribution in [1.82, 2.24) is 19.7 Å². The molecule has 1 aliphatic rings. The number of aryl methyl sites for hydroxylation is 1. The van der Waals surface area contributed by atoms with Gasteiger partial charge in [0.25, 0.3) is 5.91 Å². The van der Waals surface area contributed by atoms with E-state index in [1.54, 1.807) is 6.33 Å². The molecular formula is C14H15IN4O. The quantitative estimate of drug-likeness (QED) is 0.765. The summed E-state index contributed by atoms with van der Waals surface area (Å²) >= 11 is 2.24. The van der Waals surface area contributed by atoms with Gasteiger partial charge in [-0.05, 0) is 53.6 Å². The van der Waals surface area contributed by atoms with Gasteiger partial charge in [0.1, 0.15) is 12.2 Å². The minimum Gasteiger partial charge on any atom is -0.331 e. The zero-order chi connectivity index (χ0) is 14.1. The molecule has 0 bridgehead atoms. The van der Waals surface area contributed by atoms with Crippen LogP contribution >= 0.6 is 22.6 Å². The topological polar surface area (TPSA) is 51.0 Å². The second-order valence-electron chi connectivity index (χ2n) is 4.77. The molecule has 0 N–H and O–H groups in total. The molecule has 104 valence electrons. The maximum atomic E-state index is 12.6. The Kier molecular flexibility index (Phi) is 3.73. The van der Waals surface area contributed by atoms with Crippen LogP contribution in [0, 0.1) is 3.57 Å². The average Bonchev–Trinajstić information content (AvgIpc) is 2.90. The Morgan fingerprint density at radius 2 is 2.25 bits per heavy atom. The number of benzene rings is 1. The van der Waals surface area contributed by atoms with Gasteiger partial charge in [0.05, 0.1) is 6.54 Å². The number of hydrogen-bond acceptors (Lipinski definition) is 3. The Hall–Kier alpha value is -1.44. The first kappa shape index (κ1) is 13.5. The number of carbonyl (C=O) groups excluding carboxylic acids is 1. The van der Waals surface area contributed by atoms with Gasteiger partial charge in [-0.25, -0.2) is 9.67 Å². The van der Waals surface area contributed by atoms with Crippen molar-refractivity contribution in [3.63, 3.8) is 0 Å². The molecule has 0 saturated carbocycles. The van der Waals surface area contributed by atoms with Crippen LogP contribution in [0.4, 0.5) is 0 Å². The number of amides is 1. The van der Waals surface area contributed by atoms with E-state index in [-0.39, 0.29) is 5.91 Å². The van der Waals surface area contributed by atoms with E-state index in [9.17, 15) is 4.79 Å². The summed E-state index contributed by atoms with van der Waals surface area (Å²) in [6.45, 7) is 4.06. The van der Waals surface area contributed by atoms with Gasteiger partial charge in [-0.2, -0.15) is 5.10 Å². The van der Waals surface area contributed by atoms with E-state index in [2.05, 4.69) is 44.8 Å². The van der Waals surface area contributed by atoms with E-state index in [0.717, 1.165) is 40.0 Å². The van der Waals surface area contributed by atoms with Crippen LogP contribution in [0.3, 0.4) is 0 Å². The number of nitrogens with zero attached hydrogens (tertiary/aromatic N) is 4. The van der Waals surface area contributed by atoms with Crippen molar-refractivity contribution in [1.29, 1.82) is 0 Å². The second kappa shape index (κ2) is 5.51. The molecule has 0 aliphatic carbocycles. The van der Waals surface area contributed by atoms with Crippen molar-refractivity contribution >= 4 is 28.5 Å². The summed E-state index contributed by atoms with van der Waals surface area (Å²) in [5.41, 5.74) is 1.97. The number of carbonyl (C=O) groups is 1. The Bertz CT molecular complexity index is 652. The fourth-order valence-corrected chi connectivity index (χ4v) is 2.98. The van der Waals surface area contributed by atoms with Crippen LogP contribution in [-0.4, -0.2) is 32.1 Å². The molecule has 0 fully saturated rings. The summed E-state index contributed by atoms with van der Waals surface area (Å²) in [5.74, 6) is 0.936. The van der Waals surface area contributed by atoms with Crippen LogP contribution in [0.5, 0.6) is 0 Å². The first-order chi connectivity index (χ1) is 9.69. The van der Waals surface area contributed by atoms with Crippen LogP contribution < -0.4 is 0 Å². The smallest absolute Gasteiger partial charge is 0.254 e. The number of fused-ring (bicyclic) bond motifs is 1. The summed E-state index contributed by atoms with van der Waals surface area (Å²) in [6.07, 6.45) is 2.45. The van der Waals surface area contributed by atoms with Crippen LogP contribution in [0.2, 0.25) is 0 Å². The Morgan fingerprint density at radius 3 is 3.05 bits per heavy atom. The van der Waals surface area contributed by atoms with Gasteiger partial charge in [0, 0.05) is 22.2 Å². The highest BCUT2D eigenvalue weighted by Crippen LogP contribution is 2.22. The average molecular weight is 382 g/mol. The van der Waals surface area contributed by atoms with Gasteiger partial charge in [0.2, 0.25) is 0 Å². The van der Waals surface area contributed by atoms with E-state index < -0.39 is 0 Å². The molecule has 1 amide bonds. The highest BCUT2D eigenvalue weighted by atomic mass is 127. The standard InChI is InChI=1S/C14H15IN4O/c1-2-19-13(16-9-17-19)8-18-6-5-10-3-4-11(15)7-12(10)14(18)20/h3-4,7,9H,2,5-6,8H2,1H3. The van der Waals surface area contributed by atoms with Gasteiger partial charge >= 0.3 is 0 Å². The fraction of sp³-hybridized carbons (Fsp3) is 0.357.